The molecule has 0 radical (unpaired) electrons. The van der Waals surface area contributed by atoms with Gasteiger partial charge >= 0.3 is 0 Å². The van der Waals surface area contributed by atoms with Gasteiger partial charge in [0.2, 0.25) is 0 Å². The van der Waals surface area contributed by atoms with Crippen molar-refractivity contribution in [3.05, 3.63) is 145 Å². The summed E-state index contributed by atoms with van der Waals surface area (Å²) in [6, 6.07) is -18.9. The summed E-state index contributed by atoms with van der Waals surface area (Å²) in [5.41, 5.74) is -3.19. The Labute approximate surface area is 276 Å². The van der Waals surface area contributed by atoms with Crippen LogP contribution in [0.1, 0.15) is 32.9 Å². The molecule has 0 aromatic heterocycles. The molecule has 1 heterocycles. The van der Waals surface area contributed by atoms with Crippen molar-refractivity contribution in [2.45, 2.75) is 9.79 Å². The van der Waals surface area contributed by atoms with E-state index in [4.69, 9.17) is 23.3 Å². The monoisotopic (exact) mass is 560 g/mol. The topological polar surface area (TPSA) is 0 Å². The molecule has 0 bridgehead atoms. The molecular formula is C40H24S. The number of hydrogen-bond acceptors (Lipinski definition) is 1. The Morgan fingerprint density at radius 2 is 1.10 bits per heavy atom. The Bertz CT molecular complexity index is 3650. The zero-order valence-electron chi connectivity index (χ0n) is 44.4. The highest BCUT2D eigenvalue weighted by Crippen LogP contribution is 2.49. The third-order valence-corrected chi connectivity index (χ3v) is 7.84. The van der Waals surface area contributed by atoms with Crippen molar-refractivity contribution in [3.8, 4) is 33.4 Å². The predicted molar refractivity (Wildman–Crippen MR) is 177 cm³/mol. The first-order chi connectivity index (χ1) is 30.3. The van der Waals surface area contributed by atoms with Gasteiger partial charge in [0, 0.05) is 15.2 Å². The first kappa shape index (κ1) is 9.62. The lowest BCUT2D eigenvalue weighted by Gasteiger charge is -2.21. The Morgan fingerprint density at radius 3 is 2.00 bits per heavy atom. The second-order valence-corrected chi connectivity index (χ2v) is 10.0. The molecule has 1 aliphatic rings. The third kappa shape index (κ3) is 3.43. The van der Waals surface area contributed by atoms with Crippen molar-refractivity contribution < 1.29 is 32.9 Å². The Hall–Kier alpha value is -4.85. The molecule has 0 spiro atoms. The van der Waals surface area contributed by atoms with Crippen LogP contribution in [0.5, 0.6) is 0 Å². The molecule has 0 amide bonds. The van der Waals surface area contributed by atoms with Crippen LogP contribution in [0.4, 0.5) is 0 Å². The summed E-state index contributed by atoms with van der Waals surface area (Å²) in [5, 5.41) is -3.84. The van der Waals surface area contributed by atoms with Gasteiger partial charge in [-0.2, -0.15) is 0 Å². The molecule has 9 rings (SSSR count). The van der Waals surface area contributed by atoms with E-state index in [0.717, 1.165) is 0 Å². The summed E-state index contributed by atoms with van der Waals surface area (Å²) >= 11 is 0.664. The first-order valence-electron chi connectivity index (χ1n) is 24.2. The third-order valence-electron chi connectivity index (χ3n) is 6.82. The Balaban J connectivity index is 1.51. The second-order valence-electron chi connectivity index (χ2n) is 9.01. The quantitative estimate of drug-likeness (QED) is 0.150. The van der Waals surface area contributed by atoms with Gasteiger partial charge in [-0.1, -0.05) is 139 Å². The molecule has 0 atom stereocenters. The Morgan fingerprint density at radius 1 is 0.390 bits per heavy atom. The summed E-state index contributed by atoms with van der Waals surface area (Å²) in [5.74, 6) is 0. The zero-order chi connectivity index (χ0) is 47.8. The Kier molecular flexibility index (Phi) is 2.07. The standard InChI is InChI=1S/C40H24S/c1-3-10-29-25(8-1)20-21-35-36(29)24-28-9-2-4-11-31(28)39(35)27-18-16-26(17-19-27)30-22-23-38-40-33(30)13-7-14-34(40)32-12-5-6-15-37(32)41-38/h1-24H/i1D,2D,3D,4D,5D,6D,7D,8D,9D,10D,11D,12D,13D,14D,15D,16D,17D,18D,19D,20D,21D,22D,23D,24D. The predicted octanol–water partition coefficient (Wildman–Crippen LogP) is 11.8. The smallest absolute Gasteiger partial charge is 0.0636 e. The summed E-state index contributed by atoms with van der Waals surface area (Å²) in [6.45, 7) is 0. The van der Waals surface area contributed by atoms with E-state index in [9.17, 15) is 9.60 Å². The van der Waals surface area contributed by atoms with Gasteiger partial charge in [0.15, 0.2) is 0 Å². The maximum Gasteiger partial charge on any atom is 0.0636 e. The molecule has 8 aromatic carbocycles. The van der Waals surface area contributed by atoms with Gasteiger partial charge in [-0.25, -0.2) is 0 Å². The van der Waals surface area contributed by atoms with E-state index in [2.05, 4.69) is 0 Å². The van der Waals surface area contributed by atoms with Crippen molar-refractivity contribution in [2.75, 3.05) is 0 Å². The molecule has 0 fully saturated rings. The van der Waals surface area contributed by atoms with Crippen molar-refractivity contribution in [1.82, 2.24) is 0 Å². The van der Waals surface area contributed by atoms with Gasteiger partial charge in [-0.05, 0) is 89.2 Å². The molecule has 0 N–H and O–H groups in total. The average Bonchev–Trinajstić information content (AvgIpc) is 3.27. The van der Waals surface area contributed by atoms with Crippen LogP contribution in [0.15, 0.2) is 155 Å². The summed E-state index contributed by atoms with van der Waals surface area (Å²) in [4.78, 5) is -0.258. The van der Waals surface area contributed by atoms with Gasteiger partial charge in [0.1, 0.15) is 0 Å². The van der Waals surface area contributed by atoms with E-state index in [1.165, 1.54) is 0 Å². The number of fused-ring (bicyclic) bond motifs is 6. The lowest BCUT2D eigenvalue weighted by Crippen LogP contribution is -1.94. The fourth-order valence-corrected chi connectivity index (χ4v) is 6.02. The van der Waals surface area contributed by atoms with Crippen LogP contribution in [0.3, 0.4) is 0 Å². The summed E-state index contributed by atoms with van der Waals surface area (Å²) in [6.07, 6.45) is 0. The molecule has 0 saturated heterocycles. The summed E-state index contributed by atoms with van der Waals surface area (Å²) in [7, 11) is 0. The van der Waals surface area contributed by atoms with Gasteiger partial charge in [-0.15, -0.1) is 0 Å². The normalized spacial score (nSPS) is 20.5. The molecule has 0 aliphatic carbocycles. The highest BCUT2D eigenvalue weighted by molar-refractivity contribution is 7.99. The van der Waals surface area contributed by atoms with Crippen molar-refractivity contribution in [2.24, 2.45) is 0 Å². The van der Waals surface area contributed by atoms with E-state index < -0.39 is 205 Å². The van der Waals surface area contributed by atoms with Gasteiger partial charge in [0.25, 0.3) is 0 Å². The fourth-order valence-electron chi connectivity index (χ4n) is 5.05. The fraction of sp³-hybridized carbons (Fsp3) is 0. The molecule has 41 heavy (non-hydrogen) atoms. The van der Waals surface area contributed by atoms with Crippen LogP contribution in [0.2, 0.25) is 0 Å². The maximum atomic E-state index is 9.53. The highest BCUT2D eigenvalue weighted by Gasteiger charge is 2.20. The van der Waals surface area contributed by atoms with Crippen molar-refractivity contribution in [3.63, 3.8) is 0 Å². The van der Waals surface area contributed by atoms with Gasteiger partial charge in [0.05, 0.1) is 32.9 Å². The minimum Gasteiger partial charge on any atom is -0.0888 e. The van der Waals surface area contributed by atoms with Crippen LogP contribution >= 0.6 is 11.8 Å². The van der Waals surface area contributed by atoms with E-state index >= 15 is 0 Å². The second kappa shape index (κ2) is 8.83. The molecule has 0 unspecified atom stereocenters. The molecule has 1 aliphatic heterocycles. The highest BCUT2D eigenvalue weighted by atomic mass is 32.2. The first-order valence-corrected chi connectivity index (χ1v) is 13.0. The molecule has 0 nitrogen and oxygen atoms in total. The van der Waals surface area contributed by atoms with Crippen LogP contribution < -0.4 is 0 Å². The van der Waals surface area contributed by atoms with Crippen LogP contribution in [0.25, 0.3) is 76.5 Å². The molecule has 8 aromatic rings. The largest absolute Gasteiger partial charge is 0.0888 e. The van der Waals surface area contributed by atoms with Gasteiger partial charge in [-0.3, -0.25) is 0 Å². The van der Waals surface area contributed by atoms with E-state index in [-0.39, 0.29) is 26.3 Å². The summed E-state index contributed by atoms with van der Waals surface area (Å²) < 4.78 is 214. The van der Waals surface area contributed by atoms with E-state index in [1.54, 1.807) is 0 Å². The van der Waals surface area contributed by atoms with Crippen molar-refractivity contribution >= 4 is 54.9 Å². The molecule has 190 valence electrons. The van der Waals surface area contributed by atoms with E-state index in [0.29, 0.717) is 11.8 Å². The van der Waals surface area contributed by atoms with Crippen LogP contribution in [-0.4, -0.2) is 0 Å². The van der Waals surface area contributed by atoms with Gasteiger partial charge < -0.3 is 0 Å². The molecule has 0 saturated carbocycles. The maximum absolute atomic E-state index is 9.53. The molecular weight excluding hydrogens is 513 g/mol. The minimum atomic E-state index is -0.992. The van der Waals surface area contributed by atoms with Crippen LogP contribution in [-0.2, 0) is 0 Å². The lowest BCUT2D eigenvalue weighted by atomic mass is 9.88. The zero-order valence-corrected chi connectivity index (χ0v) is 21.2. The molecule has 1 heteroatoms. The lowest BCUT2D eigenvalue weighted by molar-refractivity contribution is 1.40. The van der Waals surface area contributed by atoms with E-state index in [1.807, 2.05) is 0 Å². The number of benzene rings is 8. The number of hydrogen-bond donors (Lipinski definition) is 0. The average molecular weight is 561 g/mol. The minimum absolute atomic E-state index is 0.117. The van der Waals surface area contributed by atoms with Crippen LogP contribution in [0, 0.1) is 0 Å². The van der Waals surface area contributed by atoms with Crippen molar-refractivity contribution in [1.29, 1.82) is 0 Å². The SMILES string of the molecule is [2H]c1c([2H])c([2H])c2c(c1[2H])Sc1c([2H])c([2H])c(-c3c([2H])c([2H])c(-c4c5c([2H])c([2H])c([2H])c([2H])c5c([2H])c5c4c([2H])c([2H])c4c([2H])c([2H])c([2H])c([2H])c45)c([2H])c3[2H])c3c([2H])c([2H])c([2H])c-2c13. The number of rotatable bonds is 2.